The van der Waals surface area contributed by atoms with Crippen molar-refractivity contribution in [3.63, 3.8) is 0 Å². The second kappa shape index (κ2) is 6.19. The van der Waals surface area contributed by atoms with Crippen LogP contribution in [0.15, 0.2) is 22.7 Å². The van der Waals surface area contributed by atoms with Crippen LogP contribution < -0.4 is 5.32 Å². The SMILES string of the molecule is O=C(O)CCCNc1ccc(Br)cc1[N+](=O)[O-]. The summed E-state index contributed by atoms with van der Waals surface area (Å²) in [4.78, 5) is 20.6. The molecule has 0 amide bonds. The lowest BCUT2D eigenvalue weighted by molar-refractivity contribution is -0.384. The van der Waals surface area contributed by atoms with Crippen LogP contribution in [0.3, 0.4) is 0 Å². The fourth-order valence-corrected chi connectivity index (χ4v) is 1.62. The maximum Gasteiger partial charge on any atom is 0.303 e. The van der Waals surface area contributed by atoms with Crippen LogP contribution in [0, 0.1) is 10.1 Å². The summed E-state index contributed by atoms with van der Waals surface area (Å²) in [5.74, 6) is -0.878. The first-order chi connectivity index (χ1) is 8.00. The summed E-state index contributed by atoms with van der Waals surface area (Å²) in [5.41, 5.74) is 0.360. The number of aliphatic carboxylic acids is 1. The fraction of sp³-hybridized carbons (Fsp3) is 0.300. The maximum atomic E-state index is 10.8. The van der Waals surface area contributed by atoms with E-state index in [1.165, 1.54) is 6.07 Å². The number of anilines is 1. The van der Waals surface area contributed by atoms with Gasteiger partial charge in [0.05, 0.1) is 4.92 Å². The van der Waals surface area contributed by atoms with Gasteiger partial charge < -0.3 is 10.4 Å². The van der Waals surface area contributed by atoms with Crippen molar-refractivity contribution in [2.45, 2.75) is 12.8 Å². The number of carbonyl (C=O) groups is 1. The number of benzene rings is 1. The number of nitrogens with zero attached hydrogens (tertiary/aromatic N) is 1. The molecule has 1 aromatic rings. The molecule has 0 heterocycles. The highest BCUT2D eigenvalue weighted by molar-refractivity contribution is 9.10. The Hall–Kier alpha value is -1.63. The predicted octanol–water partition coefficient (Wildman–Crippen LogP) is 2.63. The van der Waals surface area contributed by atoms with Gasteiger partial charge in [-0.2, -0.15) is 0 Å². The number of nitrogens with one attached hydrogen (secondary N) is 1. The van der Waals surface area contributed by atoms with Crippen molar-refractivity contribution in [3.05, 3.63) is 32.8 Å². The van der Waals surface area contributed by atoms with Crippen molar-refractivity contribution in [3.8, 4) is 0 Å². The van der Waals surface area contributed by atoms with Crippen LogP contribution in [-0.4, -0.2) is 22.5 Å². The highest BCUT2D eigenvalue weighted by Crippen LogP contribution is 2.27. The third-order valence-electron chi connectivity index (χ3n) is 2.04. The standard InChI is InChI=1S/C10H11BrN2O4/c11-7-3-4-8(9(6-7)13(16)17)12-5-1-2-10(14)15/h3-4,6,12H,1-2,5H2,(H,14,15). The molecule has 2 N–H and O–H groups in total. The van der Waals surface area contributed by atoms with Crippen molar-refractivity contribution < 1.29 is 14.8 Å². The van der Waals surface area contributed by atoms with Gasteiger partial charge in [-0.15, -0.1) is 0 Å². The lowest BCUT2D eigenvalue weighted by Crippen LogP contribution is -2.06. The van der Waals surface area contributed by atoms with Gasteiger partial charge in [-0.25, -0.2) is 0 Å². The van der Waals surface area contributed by atoms with Gasteiger partial charge in [0.1, 0.15) is 5.69 Å². The summed E-state index contributed by atoms with van der Waals surface area (Å²) >= 11 is 3.16. The molecule has 92 valence electrons. The Kier molecular flexibility index (Phi) is 4.89. The summed E-state index contributed by atoms with van der Waals surface area (Å²) in [5, 5.41) is 22.1. The number of hydrogen-bond acceptors (Lipinski definition) is 4. The van der Waals surface area contributed by atoms with Crippen LogP contribution in [0.25, 0.3) is 0 Å². The Morgan fingerprint density at radius 1 is 1.53 bits per heavy atom. The molecule has 0 saturated carbocycles. The third kappa shape index (κ3) is 4.39. The van der Waals surface area contributed by atoms with Crippen molar-refractivity contribution in [1.82, 2.24) is 0 Å². The molecular weight excluding hydrogens is 292 g/mol. The molecule has 0 aromatic heterocycles. The minimum absolute atomic E-state index is 0.0327. The second-order valence-corrected chi connectivity index (χ2v) is 4.26. The average Bonchev–Trinajstić information content (AvgIpc) is 2.25. The molecule has 7 heteroatoms. The monoisotopic (exact) mass is 302 g/mol. The number of rotatable bonds is 6. The van der Waals surface area contributed by atoms with Crippen LogP contribution in [0.5, 0.6) is 0 Å². The molecule has 17 heavy (non-hydrogen) atoms. The predicted molar refractivity (Wildman–Crippen MR) is 66.2 cm³/mol. The number of carboxylic acids is 1. The Morgan fingerprint density at radius 3 is 2.82 bits per heavy atom. The van der Waals surface area contributed by atoms with Crippen molar-refractivity contribution in [2.24, 2.45) is 0 Å². The van der Waals surface area contributed by atoms with Gasteiger partial charge in [0.2, 0.25) is 0 Å². The van der Waals surface area contributed by atoms with Crippen LogP contribution >= 0.6 is 15.9 Å². The highest BCUT2D eigenvalue weighted by atomic mass is 79.9. The zero-order valence-electron chi connectivity index (χ0n) is 8.85. The highest BCUT2D eigenvalue weighted by Gasteiger charge is 2.13. The lowest BCUT2D eigenvalue weighted by atomic mass is 10.2. The quantitative estimate of drug-likeness (QED) is 0.479. The molecule has 0 atom stereocenters. The fourth-order valence-electron chi connectivity index (χ4n) is 1.27. The van der Waals surface area contributed by atoms with E-state index in [1.54, 1.807) is 12.1 Å². The van der Waals surface area contributed by atoms with Gasteiger partial charge in [-0.3, -0.25) is 14.9 Å². The Balaban J connectivity index is 2.64. The van der Waals surface area contributed by atoms with E-state index in [2.05, 4.69) is 21.2 Å². The third-order valence-corrected chi connectivity index (χ3v) is 2.53. The molecule has 0 aliphatic carbocycles. The average molecular weight is 303 g/mol. The van der Waals surface area contributed by atoms with Gasteiger partial charge >= 0.3 is 5.97 Å². The van der Waals surface area contributed by atoms with Gasteiger partial charge in [0, 0.05) is 23.5 Å². The van der Waals surface area contributed by atoms with Crippen LogP contribution in [0.1, 0.15) is 12.8 Å². The molecule has 0 fully saturated rings. The molecular formula is C10H11BrN2O4. The number of nitro benzene ring substituents is 1. The summed E-state index contributed by atoms with van der Waals surface area (Å²) in [6.45, 7) is 0.384. The van der Waals surface area contributed by atoms with Crippen molar-refractivity contribution >= 4 is 33.3 Å². The molecule has 1 aromatic carbocycles. The largest absolute Gasteiger partial charge is 0.481 e. The lowest BCUT2D eigenvalue weighted by Gasteiger charge is -2.06. The zero-order valence-corrected chi connectivity index (χ0v) is 10.4. The minimum atomic E-state index is -0.878. The van der Waals surface area contributed by atoms with Gasteiger partial charge in [0.25, 0.3) is 5.69 Å². The second-order valence-electron chi connectivity index (χ2n) is 3.34. The van der Waals surface area contributed by atoms with Gasteiger partial charge in [-0.05, 0) is 18.6 Å². The number of hydrogen-bond donors (Lipinski definition) is 2. The molecule has 0 unspecified atom stereocenters. The first-order valence-corrected chi connectivity index (χ1v) is 5.69. The van der Waals surface area contributed by atoms with Gasteiger partial charge in [0.15, 0.2) is 0 Å². The number of carboxylic acid groups (broad SMARTS) is 1. The molecule has 0 saturated heterocycles. The first kappa shape index (κ1) is 13.4. The Bertz CT molecular complexity index is 436. The molecule has 0 bridgehead atoms. The van der Waals surface area contributed by atoms with Crippen molar-refractivity contribution in [1.29, 1.82) is 0 Å². The van der Waals surface area contributed by atoms with E-state index < -0.39 is 10.9 Å². The van der Waals surface area contributed by atoms with E-state index in [4.69, 9.17) is 5.11 Å². The smallest absolute Gasteiger partial charge is 0.303 e. The van der Waals surface area contributed by atoms with Crippen LogP contribution in [0.2, 0.25) is 0 Å². The van der Waals surface area contributed by atoms with E-state index in [0.29, 0.717) is 23.1 Å². The molecule has 0 aliphatic heterocycles. The summed E-state index contributed by atoms with van der Waals surface area (Å²) in [6, 6.07) is 4.68. The summed E-state index contributed by atoms with van der Waals surface area (Å²) in [7, 11) is 0. The molecule has 0 aliphatic rings. The maximum absolute atomic E-state index is 10.8. The Morgan fingerprint density at radius 2 is 2.24 bits per heavy atom. The van der Waals surface area contributed by atoms with E-state index in [0.717, 1.165) is 0 Å². The molecule has 1 rings (SSSR count). The minimum Gasteiger partial charge on any atom is -0.481 e. The zero-order chi connectivity index (χ0) is 12.8. The summed E-state index contributed by atoms with van der Waals surface area (Å²) < 4.78 is 0.625. The van der Waals surface area contributed by atoms with Gasteiger partial charge in [-0.1, -0.05) is 15.9 Å². The Labute approximate surface area is 106 Å². The van der Waals surface area contributed by atoms with E-state index in [-0.39, 0.29) is 12.1 Å². The van der Waals surface area contributed by atoms with Crippen LogP contribution in [0.4, 0.5) is 11.4 Å². The molecule has 6 nitrogen and oxygen atoms in total. The van der Waals surface area contributed by atoms with Crippen molar-refractivity contribution in [2.75, 3.05) is 11.9 Å². The van der Waals surface area contributed by atoms with Crippen LogP contribution in [-0.2, 0) is 4.79 Å². The number of halogens is 1. The summed E-state index contributed by atoms with van der Waals surface area (Å²) in [6.07, 6.45) is 0.458. The number of nitro groups is 1. The van der Waals surface area contributed by atoms with E-state index in [9.17, 15) is 14.9 Å². The molecule has 0 radical (unpaired) electrons. The van der Waals surface area contributed by atoms with E-state index in [1.807, 2.05) is 0 Å². The molecule has 0 spiro atoms. The topological polar surface area (TPSA) is 92.5 Å². The first-order valence-electron chi connectivity index (χ1n) is 4.90. The normalized spacial score (nSPS) is 9.94. The van der Waals surface area contributed by atoms with E-state index >= 15 is 0 Å².